The van der Waals surface area contributed by atoms with Crippen molar-refractivity contribution >= 4 is 29.1 Å². The summed E-state index contributed by atoms with van der Waals surface area (Å²) in [6.07, 6.45) is 4.78. The first kappa shape index (κ1) is 25.5. The average Bonchev–Trinajstić information content (AvgIpc) is 3.39. The molecule has 7 heteroatoms. The van der Waals surface area contributed by atoms with Gasteiger partial charge in [0.1, 0.15) is 0 Å². The first-order chi connectivity index (χ1) is 17.9. The molecule has 2 heterocycles. The van der Waals surface area contributed by atoms with Gasteiger partial charge in [0.25, 0.3) is 0 Å². The molecule has 0 bridgehead atoms. The molecule has 0 fully saturated rings. The molecule has 5 nitrogen and oxygen atoms in total. The van der Waals surface area contributed by atoms with Crippen LogP contribution in [0.2, 0.25) is 10.0 Å². The summed E-state index contributed by atoms with van der Waals surface area (Å²) < 4.78 is 1.89. The van der Waals surface area contributed by atoms with Gasteiger partial charge in [0.15, 0.2) is 0 Å². The highest BCUT2D eigenvalue weighted by atomic mass is 35.5. The largest absolute Gasteiger partial charge is 0.392 e. The number of nitrogens with zero attached hydrogens (tertiary/aromatic N) is 3. The summed E-state index contributed by atoms with van der Waals surface area (Å²) in [5, 5.41) is 15.7. The summed E-state index contributed by atoms with van der Waals surface area (Å²) in [6.45, 7) is 5.45. The molecule has 3 aromatic carbocycles. The molecule has 1 N–H and O–H groups in total. The molecule has 190 valence electrons. The van der Waals surface area contributed by atoms with Crippen molar-refractivity contribution in [1.29, 1.82) is 0 Å². The molecule has 0 saturated carbocycles. The lowest BCUT2D eigenvalue weighted by Gasteiger charge is -2.36. The number of hydrogen-bond acceptors (Lipinski definition) is 3. The SMILES string of the molecule is CCn1cc(-c2c(CO)cccc2-c2cccc3c2CCN(C(=O)Cc2c(Cl)cccc2Cl)[C@H]3C)cn1. The molecule has 0 spiro atoms. The second kappa shape index (κ2) is 10.7. The van der Waals surface area contributed by atoms with Gasteiger partial charge in [-0.25, -0.2) is 0 Å². The van der Waals surface area contributed by atoms with Gasteiger partial charge in [0, 0.05) is 34.9 Å². The Hall–Kier alpha value is -3.12. The fourth-order valence-electron chi connectivity index (χ4n) is 5.38. The van der Waals surface area contributed by atoms with Gasteiger partial charge in [-0.05, 0) is 71.3 Å². The second-order valence-corrected chi connectivity index (χ2v) is 10.2. The number of amides is 1. The molecule has 0 aliphatic carbocycles. The second-order valence-electron chi connectivity index (χ2n) is 9.35. The van der Waals surface area contributed by atoms with Crippen LogP contribution < -0.4 is 0 Å². The summed E-state index contributed by atoms with van der Waals surface area (Å²) >= 11 is 12.7. The van der Waals surface area contributed by atoms with E-state index in [1.54, 1.807) is 18.2 Å². The Morgan fingerprint density at radius 2 is 1.76 bits per heavy atom. The highest BCUT2D eigenvalue weighted by Gasteiger charge is 2.30. The van der Waals surface area contributed by atoms with Crippen LogP contribution in [-0.2, 0) is 30.8 Å². The highest BCUT2D eigenvalue weighted by molar-refractivity contribution is 6.36. The van der Waals surface area contributed by atoms with E-state index in [-0.39, 0.29) is 25.0 Å². The van der Waals surface area contributed by atoms with Crippen molar-refractivity contribution in [3.8, 4) is 22.3 Å². The summed E-state index contributed by atoms with van der Waals surface area (Å²) in [5.74, 6) is 0.00787. The number of rotatable bonds is 6. The van der Waals surface area contributed by atoms with Crippen molar-refractivity contribution in [2.75, 3.05) is 6.54 Å². The van der Waals surface area contributed by atoms with Crippen molar-refractivity contribution in [1.82, 2.24) is 14.7 Å². The number of aliphatic hydroxyl groups excluding tert-OH is 1. The van der Waals surface area contributed by atoms with Crippen LogP contribution in [0.1, 0.15) is 42.1 Å². The van der Waals surface area contributed by atoms with Gasteiger partial charge in [-0.3, -0.25) is 9.48 Å². The topological polar surface area (TPSA) is 58.4 Å². The standard InChI is InChI=1S/C30H29Cl2N3O2/c1-3-34-17-21(16-33-34)30-20(18-36)7-4-10-25(30)23-9-5-8-22-19(2)35(14-13-24(22)23)29(37)15-26-27(31)11-6-12-28(26)32/h4-12,16-17,19,36H,3,13-15,18H2,1-2H3/t19-/m0/s1. The van der Waals surface area contributed by atoms with Crippen LogP contribution in [0.4, 0.5) is 0 Å². The number of carbonyl (C=O) groups is 1. The van der Waals surface area contributed by atoms with Crippen molar-refractivity contribution in [2.24, 2.45) is 0 Å². The number of benzene rings is 3. The number of aliphatic hydroxyl groups is 1. The number of carbonyl (C=O) groups excluding carboxylic acids is 1. The molecular weight excluding hydrogens is 505 g/mol. The molecule has 37 heavy (non-hydrogen) atoms. The third-order valence-electron chi connectivity index (χ3n) is 7.30. The molecule has 5 rings (SSSR count). The molecule has 0 radical (unpaired) electrons. The normalized spacial score (nSPS) is 15.1. The van der Waals surface area contributed by atoms with Crippen molar-refractivity contribution in [3.63, 3.8) is 0 Å². The number of fused-ring (bicyclic) bond motifs is 1. The Bertz CT molecular complexity index is 1440. The lowest BCUT2D eigenvalue weighted by atomic mass is 9.84. The van der Waals surface area contributed by atoms with E-state index >= 15 is 0 Å². The fraction of sp³-hybridized carbons (Fsp3) is 0.267. The van der Waals surface area contributed by atoms with Crippen LogP contribution in [0.5, 0.6) is 0 Å². The van der Waals surface area contributed by atoms with Crippen LogP contribution in [0.15, 0.2) is 67.0 Å². The van der Waals surface area contributed by atoms with Gasteiger partial charge in [-0.15, -0.1) is 0 Å². The van der Waals surface area contributed by atoms with E-state index in [9.17, 15) is 9.90 Å². The van der Waals surface area contributed by atoms with E-state index in [0.29, 0.717) is 22.2 Å². The molecule has 4 aromatic rings. The first-order valence-corrected chi connectivity index (χ1v) is 13.3. The van der Waals surface area contributed by atoms with Gasteiger partial charge in [0.2, 0.25) is 5.91 Å². The molecular formula is C30H29Cl2N3O2. The number of halogens is 2. The van der Waals surface area contributed by atoms with E-state index in [2.05, 4.69) is 43.2 Å². The predicted molar refractivity (Wildman–Crippen MR) is 149 cm³/mol. The monoisotopic (exact) mass is 533 g/mol. The maximum absolute atomic E-state index is 13.4. The summed E-state index contributed by atoms with van der Waals surface area (Å²) in [7, 11) is 0. The number of aromatic nitrogens is 2. The zero-order chi connectivity index (χ0) is 26.1. The van der Waals surface area contributed by atoms with Crippen LogP contribution in [0.3, 0.4) is 0 Å². The van der Waals surface area contributed by atoms with Crippen molar-refractivity contribution in [3.05, 3.63) is 99.3 Å². The molecule has 1 aromatic heterocycles. The van der Waals surface area contributed by atoms with E-state index in [0.717, 1.165) is 46.3 Å². The van der Waals surface area contributed by atoms with E-state index < -0.39 is 0 Å². The molecule has 0 saturated heterocycles. The minimum Gasteiger partial charge on any atom is -0.392 e. The van der Waals surface area contributed by atoms with E-state index in [1.807, 2.05) is 34.1 Å². The van der Waals surface area contributed by atoms with Crippen molar-refractivity contribution < 1.29 is 9.90 Å². The fourth-order valence-corrected chi connectivity index (χ4v) is 5.91. The maximum atomic E-state index is 13.4. The zero-order valence-electron chi connectivity index (χ0n) is 20.9. The maximum Gasteiger partial charge on any atom is 0.227 e. The molecule has 1 amide bonds. The molecule has 1 aliphatic heterocycles. The van der Waals surface area contributed by atoms with Gasteiger partial charge in [-0.1, -0.05) is 65.7 Å². The third-order valence-corrected chi connectivity index (χ3v) is 8.01. The van der Waals surface area contributed by atoms with Crippen molar-refractivity contribution in [2.45, 2.75) is 45.9 Å². The summed E-state index contributed by atoms with van der Waals surface area (Å²) in [4.78, 5) is 15.3. The number of hydrogen-bond donors (Lipinski definition) is 1. The molecule has 1 atom stereocenters. The Morgan fingerprint density at radius 3 is 2.46 bits per heavy atom. The summed E-state index contributed by atoms with van der Waals surface area (Å²) in [5.41, 5.74) is 8.06. The predicted octanol–water partition coefficient (Wildman–Crippen LogP) is 6.72. The van der Waals surface area contributed by atoms with E-state index in [1.165, 1.54) is 5.56 Å². The molecule has 0 unspecified atom stereocenters. The van der Waals surface area contributed by atoms with Crippen LogP contribution >= 0.6 is 23.2 Å². The minimum atomic E-state index is -0.0928. The van der Waals surface area contributed by atoms with Crippen LogP contribution in [-0.4, -0.2) is 32.2 Å². The minimum absolute atomic E-state index is 0.00787. The average molecular weight is 534 g/mol. The van der Waals surface area contributed by atoms with Crippen LogP contribution in [0, 0.1) is 0 Å². The Kier molecular flexibility index (Phi) is 7.38. The highest BCUT2D eigenvalue weighted by Crippen LogP contribution is 2.41. The third kappa shape index (κ3) is 4.79. The smallest absolute Gasteiger partial charge is 0.227 e. The lowest BCUT2D eigenvalue weighted by molar-refractivity contribution is -0.133. The Labute approximate surface area is 227 Å². The first-order valence-electron chi connectivity index (χ1n) is 12.5. The zero-order valence-corrected chi connectivity index (χ0v) is 22.4. The quantitative estimate of drug-likeness (QED) is 0.299. The van der Waals surface area contributed by atoms with Gasteiger partial charge in [-0.2, -0.15) is 5.10 Å². The van der Waals surface area contributed by atoms with Crippen LogP contribution in [0.25, 0.3) is 22.3 Å². The number of aryl methyl sites for hydroxylation is 1. The van der Waals surface area contributed by atoms with E-state index in [4.69, 9.17) is 23.2 Å². The van der Waals surface area contributed by atoms with Gasteiger partial charge in [0.05, 0.1) is 25.3 Å². The Morgan fingerprint density at radius 1 is 1.05 bits per heavy atom. The molecule has 1 aliphatic rings. The summed E-state index contributed by atoms with van der Waals surface area (Å²) in [6, 6.07) is 17.6. The van der Waals surface area contributed by atoms with Gasteiger partial charge >= 0.3 is 0 Å². The van der Waals surface area contributed by atoms with Gasteiger partial charge < -0.3 is 10.0 Å². The lowest BCUT2D eigenvalue weighted by Crippen LogP contribution is -2.40. The Balaban J connectivity index is 1.52.